The van der Waals surface area contributed by atoms with Crippen LogP contribution in [-0.2, 0) is 26.2 Å². The molecule has 0 bridgehead atoms. The minimum atomic E-state index is -0.905. The Hall–Kier alpha value is -5.64. The highest BCUT2D eigenvalue weighted by atomic mass is 35.5. The standard InChI is InChI=1S/C45H40Cl2N6O2/c1-30-12-8-9-17-34(30)27-52-38-18-10-11-19-39(38)53(29-43(55)33-20-22-36(46)37(47)24-33)45(52)49-35-21-23-40-41(25-35)50(26-31-13-4-2-5-14-31)44(48)51(40)28-42(54)32-15-6-3-7-16-32/h2-25,42-43,48,54-55H,26-29H2,1H3/b48-44?,49-45+. The fourth-order valence-corrected chi connectivity index (χ4v) is 7.58. The molecule has 2 aromatic heterocycles. The van der Waals surface area contributed by atoms with Gasteiger partial charge in [-0.05, 0) is 77.2 Å². The first-order valence-corrected chi connectivity index (χ1v) is 19.0. The van der Waals surface area contributed by atoms with Crippen LogP contribution in [0.5, 0.6) is 0 Å². The Bertz CT molecular complexity index is 2770. The Balaban J connectivity index is 1.32. The summed E-state index contributed by atoms with van der Waals surface area (Å²) < 4.78 is 8.08. The molecule has 0 fully saturated rings. The number of aryl methyl sites for hydroxylation is 1. The SMILES string of the molecule is Cc1ccccc1Cn1/c(=N\c2ccc3c(c2)n(Cc2ccccc2)c(=N)n3CC(O)c2ccccc2)n(CC(O)c2ccc(Cl)c(Cl)c2)c2ccccc21. The normalized spacial score (nSPS) is 13.1. The fourth-order valence-electron chi connectivity index (χ4n) is 7.27. The largest absolute Gasteiger partial charge is 0.387 e. The summed E-state index contributed by atoms with van der Waals surface area (Å²) in [6.07, 6.45) is -1.70. The number of rotatable bonds is 11. The lowest BCUT2D eigenvalue weighted by atomic mass is 10.1. The molecular weight excluding hydrogens is 727 g/mol. The van der Waals surface area contributed by atoms with Gasteiger partial charge in [-0.25, -0.2) is 4.99 Å². The molecule has 276 valence electrons. The first-order valence-electron chi connectivity index (χ1n) is 18.2. The maximum absolute atomic E-state index is 11.7. The number of hydrogen-bond donors (Lipinski definition) is 3. The van der Waals surface area contributed by atoms with Gasteiger partial charge in [-0.15, -0.1) is 0 Å². The number of para-hydroxylation sites is 2. The van der Waals surface area contributed by atoms with E-state index in [0.29, 0.717) is 40.0 Å². The second kappa shape index (κ2) is 15.6. The molecule has 2 unspecified atom stereocenters. The van der Waals surface area contributed by atoms with Crippen LogP contribution in [0.4, 0.5) is 5.69 Å². The Morgan fingerprint density at radius 3 is 1.91 bits per heavy atom. The first-order chi connectivity index (χ1) is 26.7. The van der Waals surface area contributed by atoms with Crippen molar-refractivity contribution >= 4 is 51.0 Å². The van der Waals surface area contributed by atoms with Crippen LogP contribution in [0.15, 0.2) is 151 Å². The van der Waals surface area contributed by atoms with Gasteiger partial charge in [-0.1, -0.05) is 126 Å². The van der Waals surface area contributed by atoms with E-state index in [9.17, 15) is 15.6 Å². The first kappa shape index (κ1) is 36.3. The average molecular weight is 768 g/mol. The molecule has 8 aromatic rings. The summed E-state index contributed by atoms with van der Waals surface area (Å²) in [5, 5.41) is 33.1. The number of halogens is 2. The number of nitrogens with one attached hydrogen (secondary N) is 1. The number of hydrogen-bond acceptors (Lipinski definition) is 4. The fraction of sp³-hybridized carbons (Fsp3) is 0.156. The molecular formula is C45H40Cl2N6O2. The lowest BCUT2D eigenvalue weighted by Gasteiger charge is -2.14. The molecule has 0 aliphatic rings. The van der Waals surface area contributed by atoms with Gasteiger partial charge in [0.15, 0.2) is 0 Å². The summed E-state index contributed by atoms with van der Waals surface area (Å²) in [4.78, 5) is 5.36. The van der Waals surface area contributed by atoms with Crippen molar-refractivity contribution in [2.45, 2.75) is 45.3 Å². The molecule has 0 saturated carbocycles. The molecule has 0 amide bonds. The molecule has 0 aliphatic heterocycles. The highest BCUT2D eigenvalue weighted by molar-refractivity contribution is 6.42. The molecule has 10 heteroatoms. The third-order valence-corrected chi connectivity index (χ3v) is 11.0. The second-order valence-corrected chi connectivity index (χ2v) is 14.6. The van der Waals surface area contributed by atoms with E-state index >= 15 is 0 Å². The van der Waals surface area contributed by atoms with Gasteiger partial charge in [0.2, 0.25) is 11.2 Å². The number of aromatic nitrogens is 4. The van der Waals surface area contributed by atoms with E-state index in [4.69, 9.17) is 28.2 Å². The third kappa shape index (κ3) is 7.42. The molecule has 2 heterocycles. The number of benzene rings is 6. The predicted octanol–water partition coefficient (Wildman–Crippen LogP) is 9.09. The number of aliphatic hydroxyl groups is 2. The van der Waals surface area contributed by atoms with Crippen LogP contribution < -0.4 is 11.2 Å². The molecule has 55 heavy (non-hydrogen) atoms. The van der Waals surface area contributed by atoms with Crippen LogP contribution >= 0.6 is 23.2 Å². The summed E-state index contributed by atoms with van der Waals surface area (Å²) in [6.45, 7) is 3.56. The third-order valence-electron chi connectivity index (χ3n) is 10.2. The maximum atomic E-state index is 11.7. The van der Waals surface area contributed by atoms with Gasteiger partial charge in [0.05, 0.1) is 76.2 Å². The number of fused-ring (bicyclic) bond motifs is 2. The van der Waals surface area contributed by atoms with Gasteiger partial charge in [0.25, 0.3) is 0 Å². The Kier molecular flexibility index (Phi) is 10.3. The van der Waals surface area contributed by atoms with Crippen LogP contribution in [-0.4, -0.2) is 28.5 Å². The quantitative estimate of drug-likeness (QED) is 0.123. The van der Waals surface area contributed by atoms with Crippen molar-refractivity contribution < 1.29 is 10.2 Å². The summed E-state index contributed by atoms with van der Waals surface area (Å²) in [5.74, 6) is 0. The Labute approximate surface area is 328 Å². The molecule has 8 rings (SSSR count). The zero-order chi connectivity index (χ0) is 38.1. The van der Waals surface area contributed by atoms with Crippen molar-refractivity contribution in [2.24, 2.45) is 4.99 Å². The minimum absolute atomic E-state index is 0.207. The summed E-state index contributed by atoms with van der Waals surface area (Å²) in [7, 11) is 0. The van der Waals surface area contributed by atoms with Crippen molar-refractivity contribution in [1.82, 2.24) is 18.3 Å². The van der Waals surface area contributed by atoms with Crippen LogP contribution in [0.2, 0.25) is 10.0 Å². The van der Waals surface area contributed by atoms with Crippen molar-refractivity contribution in [3.05, 3.63) is 195 Å². The van der Waals surface area contributed by atoms with Gasteiger partial charge >= 0.3 is 0 Å². The van der Waals surface area contributed by atoms with Gasteiger partial charge in [0, 0.05) is 0 Å². The van der Waals surface area contributed by atoms with Gasteiger partial charge in [0.1, 0.15) is 0 Å². The Morgan fingerprint density at radius 2 is 1.18 bits per heavy atom. The van der Waals surface area contributed by atoms with Gasteiger partial charge in [-0.2, -0.15) is 0 Å². The van der Waals surface area contributed by atoms with E-state index in [-0.39, 0.29) is 18.7 Å². The van der Waals surface area contributed by atoms with Gasteiger partial charge < -0.3 is 28.5 Å². The van der Waals surface area contributed by atoms with E-state index in [0.717, 1.165) is 38.8 Å². The van der Waals surface area contributed by atoms with Crippen molar-refractivity contribution in [1.29, 1.82) is 5.41 Å². The maximum Gasteiger partial charge on any atom is 0.211 e. The highest BCUT2D eigenvalue weighted by Gasteiger charge is 2.20. The lowest BCUT2D eigenvalue weighted by molar-refractivity contribution is 0.155. The number of nitrogens with zero attached hydrogens (tertiary/aromatic N) is 5. The zero-order valence-corrected chi connectivity index (χ0v) is 31.7. The summed E-state index contributed by atoms with van der Waals surface area (Å²) >= 11 is 12.6. The lowest BCUT2D eigenvalue weighted by Crippen LogP contribution is -2.28. The monoisotopic (exact) mass is 766 g/mol. The molecule has 6 aromatic carbocycles. The average Bonchev–Trinajstić information content (AvgIpc) is 3.62. The van der Waals surface area contributed by atoms with Crippen LogP contribution in [0.3, 0.4) is 0 Å². The molecule has 3 N–H and O–H groups in total. The van der Waals surface area contributed by atoms with Crippen molar-refractivity contribution in [2.75, 3.05) is 0 Å². The van der Waals surface area contributed by atoms with Crippen LogP contribution in [0.25, 0.3) is 22.1 Å². The Morgan fingerprint density at radius 1 is 0.564 bits per heavy atom. The van der Waals surface area contributed by atoms with E-state index in [1.165, 1.54) is 5.56 Å². The topological polar surface area (TPSA) is 96.4 Å². The second-order valence-electron chi connectivity index (χ2n) is 13.8. The number of aliphatic hydroxyl groups excluding tert-OH is 2. The van der Waals surface area contributed by atoms with Crippen molar-refractivity contribution in [3.8, 4) is 0 Å². The minimum Gasteiger partial charge on any atom is -0.387 e. The molecule has 2 atom stereocenters. The molecule has 0 aliphatic carbocycles. The van der Waals surface area contributed by atoms with Gasteiger partial charge in [-0.3, -0.25) is 5.41 Å². The van der Waals surface area contributed by atoms with E-state index in [2.05, 4.69) is 46.4 Å². The summed E-state index contributed by atoms with van der Waals surface area (Å²) in [6, 6.07) is 47.2. The smallest absolute Gasteiger partial charge is 0.211 e. The molecule has 0 radical (unpaired) electrons. The van der Waals surface area contributed by atoms with E-state index in [1.807, 2.05) is 106 Å². The van der Waals surface area contributed by atoms with Crippen LogP contribution in [0.1, 0.15) is 40.0 Å². The molecule has 0 spiro atoms. The predicted molar refractivity (Wildman–Crippen MR) is 220 cm³/mol. The zero-order valence-electron chi connectivity index (χ0n) is 30.2. The summed E-state index contributed by atoms with van der Waals surface area (Å²) in [5.41, 5.74) is 9.96. The molecule has 0 saturated heterocycles. The van der Waals surface area contributed by atoms with E-state index < -0.39 is 12.2 Å². The highest BCUT2D eigenvalue weighted by Crippen LogP contribution is 2.28. The van der Waals surface area contributed by atoms with Crippen molar-refractivity contribution in [3.63, 3.8) is 0 Å². The van der Waals surface area contributed by atoms with E-state index in [1.54, 1.807) is 18.2 Å². The number of imidazole rings is 2. The molecule has 8 nitrogen and oxygen atoms in total. The van der Waals surface area contributed by atoms with Crippen LogP contribution in [0, 0.1) is 12.3 Å².